The van der Waals surface area contributed by atoms with Gasteiger partial charge in [-0.15, -0.1) is 0 Å². The number of benzene rings is 4. The second-order valence-corrected chi connectivity index (χ2v) is 18.9. The Balaban J connectivity index is 1.21. The average molecular weight is 763 g/mol. The van der Waals surface area contributed by atoms with E-state index in [2.05, 4.69) is 0 Å². The summed E-state index contributed by atoms with van der Waals surface area (Å²) in [4.78, 5) is 45.4. The molecule has 3 heterocycles. The first-order valence-corrected chi connectivity index (χ1v) is 21.7. The Morgan fingerprint density at radius 1 is 0.982 bits per heavy atom. The topological polar surface area (TPSA) is 112 Å². The molecule has 1 N–H and O–H groups in total. The molecule has 1 spiro atoms. The lowest BCUT2D eigenvalue weighted by molar-refractivity contribution is -0.150. The van der Waals surface area contributed by atoms with Crippen LogP contribution in [0.4, 0.5) is 15.5 Å². The molecule has 55 heavy (non-hydrogen) atoms. The molecule has 3 amide bonds. The quantitative estimate of drug-likeness (QED) is 0.124. The molecule has 1 saturated heterocycles. The maximum atomic E-state index is 16.6. The molecule has 7 rings (SSSR count). The van der Waals surface area contributed by atoms with Crippen molar-refractivity contribution < 1.29 is 33.1 Å². The Morgan fingerprint density at radius 2 is 1.69 bits per heavy atom. The Morgan fingerprint density at radius 3 is 2.38 bits per heavy atom. The fourth-order valence-electron chi connectivity index (χ4n) is 8.59. The van der Waals surface area contributed by atoms with Crippen molar-refractivity contribution >= 4 is 43.2 Å². The molecule has 0 bridgehead atoms. The van der Waals surface area contributed by atoms with E-state index in [4.69, 9.17) is 14.6 Å². The summed E-state index contributed by atoms with van der Waals surface area (Å²) >= 11 is 0. The van der Waals surface area contributed by atoms with E-state index in [9.17, 15) is 14.7 Å². The number of methoxy groups -OCH3 is 1. The lowest BCUT2D eigenvalue weighted by Crippen LogP contribution is -2.45. The molecule has 3 aliphatic rings. The van der Waals surface area contributed by atoms with Crippen molar-refractivity contribution in [2.75, 3.05) is 30.2 Å². The molecule has 3 aliphatic heterocycles. The average Bonchev–Trinajstić information content (AvgIpc) is 3.61. The van der Waals surface area contributed by atoms with Gasteiger partial charge in [0.2, 0.25) is 20.2 Å². The van der Waals surface area contributed by atoms with E-state index in [1.54, 1.807) is 42.1 Å². The number of hydrazone groups is 1. The van der Waals surface area contributed by atoms with Gasteiger partial charge in [0.05, 0.1) is 49.9 Å². The number of carbonyl (C=O) groups is 3. The highest BCUT2D eigenvalue weighted by molar-refractivity contribution is 6.72. The van der Waals surface area contributed by atoms with Gasteiger partial charge in [-0.25, -0.2) is 5.01 Å². The van der Waals surface area contributed by atoms with Gasteiger partial charge in [0.25, 0.3) is 5.91 Å². The smallest absolute Gasteiger partial charge is 0.264 e. The molecular formula is C43H47FN4O6Si. The lowest BCUT2D eigenvalue weighted by Gasteiger charge is -2.31. The number of halogens is 1. The van der Waals surface area contributed by atoms with Gasteiger partial charge in [-0.1, -0.05) is 79.7 Å². The molecule has 12 heteroatoms. The van der Waals surface area contributed by atoms with Crippen LogP contribution in [-0.4, -0.2) is 68.2 Å². The van der Waals surface area contributed by atoms with Crippen LogP contribution < -0.4 is 14.6 Å². The third kappa shape index (κ3) is 7.33. The van der Waals surface area contributed by atoms with Gasteiger partial charge in [0.1, 0.15) is 5.75 Å². The number of aliphatic hydroxyl groups is 1. The molecule has 10 nitrogen and oxygen atoms in total. The first-order valence-electron chi connectivity index (χ1n) is 18.8. The lowest BCUT2D eigenvalue weighted by atomic mass is 9.82. The summed E-state index contributed by atoms with van der Waals surface area (Å²) in [5, 5.41) is 16.0. The predicted molar refractivity (Wildman–Crippen MR) is 212 cm³/mol. The fraction of sp³-hybridized carbons (Fsp3) is 0.349. The van der Waals surface area contributed by atoms with Crippen molar-refractivity contribution in [3.8, 4) is 5.75 Å². The maximum Gasteiger partial charge on any atom is 0.264 e. The Bertz CT molecular complexity index is 2090. The summed E-state index contributed by atoms with van der Waals surface area (Å²) < 4.78 is 29.0. The molecule has 4 atom stereocenters. The van der Waals surface area contributed by atoms with Crippen molar-refractivity contribution in [2.45, 2.75) is 69.6 Å². The number of hydrogen-bond acceptors (Lipinski definition) is 7. The highest BCUT2D eigenvalue weighted by Crippen LogP contribution is 2.60. The van der Waals surface area contributed by atoms with Crippen LogP contribution in [0.3, 0.4) is 0 Å². The van der Waals surface area contributed by atoms with Gasteiger partial charge in [-0.3, -0.25) is 14.4 Å². The van der Waals surface area contributed by atoms with E-state index in [-0.39, 0.29) is 50.4 Å². The summed E-state index contributed by atoms with van der Waals surface area (Å²) in [6.45, 7) is 5.37. The van der Waals surface area contributed by atoms with Crippen LogP contribution in [0, 0.1) is 5.92 Å². The largest absolute Gasteiger partial charge is 0.497 e. The monoisotopic (exact) mass is 762 g/mol. The van der Waals surface area contributed by atoms with Crippen LogP contribution in [0.15, 0.2) is 108 Å². The van der Waals surface area contributed by atoms with Crippen molar-refractivity contribution in [1.29, 1.82) is 0 Å². The van der Waals surface area contributed by atoms with E-state index in [0.717, 1.165) is 22.4 Å². The molecule has 286 valence electrons. The number of aliphatic hydroxyl groups excluding tert-OH is 1. The molecule has 0 unspecified atom stereocenters. The highest BCUT2D eigenvalue weighted by atomic mass is 28.4. The Kier molecular flexibility index (Phi) is 10.8. The molecule has 0 aromatic heterocycles. The Labute approximate surface area is 322 Å². The van der Waals surface area contributed by atoms with Gasteiger partial charge in [0, 0.05) is 43.0 Å². The second kappa shape index (κ2) is 15.5. The third-order valence-corrected chi connectivity index (χ3v) is 13.6. The van der Waals surface area contributed by atoms with E-state index < -0.39 is 31.6 Å². The summed E-state index contributed by atoms with van der Waals surface area (Å²) in [5.74, 6) is -0.855. The summed E-state index contributed by atoms with van der Waals surface area (Å²) in [6.07, 6.45) is -0.174. The zero-order chi connectivity index (χ0) is 38.9. The van der Waals surface area contributed by atoms with Crippen molar-refractivity contribution in [3.05, 3.63) is 125 Å². The minimum absolute atomic E-state index is 0.107. The molecule has 0 saturated carbocycles. The third-order valence-electron chi connectivity index (χ3n) is 11.1. The fourth-order valence-corrected chi connectivity index (χ4v) is 11.1. The molecular weight excluding hydrogens is 716 g/mol. The van der Waals surface area contributed by atoms with Gasteiger partial charge in [-0.2, -0.15) is 5.10 Å². The highest BCUT2D eigenvalue weighted by Gasteiger charge is 2.67. The van der Waals surface area contributed by atoms with E-state index in [0.29, 0.717) is 35.5 Å². The number of carbonyl (C=O) groups excluding carboxylic acids is 3. The zero-order valence-corrected chi connectivity index (χ0v) is 32.7. The van der Waals surface area contributed by atoms with Gasteiger partial charge in [0.15, 0.2) is 5.60 Å². The van der Waals surface area contributed by atoms with Crippen LogP contribution in [0.5, 0.6) is 5.75 Å². The van der Waals surface area contributed by atoms with Crippen LogP contribution >= 0.6 is 0 Å². The zero-order valence-electron chi connectivity index (χ0n) is 31.7. The predicted octanol–water partition coefficient (Wildman–Crippen LogP) is 6.96. The number of fused-ring (bicyclic) bond motifs is 2. The summed E-state index contributed by atoms with van der Waals surface area (Å²) in [6, 6.07) is 32.1. The van der Waals surface area contributed by atoms with Crippen LogP contribution in [-0.2, 0) is 37.8 Å². The van der Waals surface area contributed by atoms with Crippen LogP contribution in [0.1, 0.15) is 48.4 Å². The molecule has 4 aromatic rings. The summed E-state index contributed by atoms with van der Waals surface area (Å²) in [7, 11) is -2.02. The van der Waals surface area contributed by atoms with Crippen molar-refractivity contribution in [1.82, 2.24) is 4.90 Å². The second-order valence-electron chi connectivity index (χ2n) is 15.1. The standard InChI is InChI=1S/C43H47FN4O6Si/c1-29-41(55(3,4)44)38(26-40(51)46(22-23-49)27-30-12-7-5-8-13-30)54-43(29)35-25-34(53-2)18-20-37(35)47(42(43)52)28-31-14-11-17-33(24-31)48-39(50)21-19-36(45-48)32-15-9-6-10-16-32/h5-18,20,24-25,29,38,41,49H,19,21-23,26-28H2,1-4H3/t29-,38+,41-,43+/m0/s1. The number of ether oxygens (including phenoxy) is 2. The van der Waals surface area contributed by atoms with Crippen molar-refractivity contribution in [2.24, 2.45) is 11.0 Å². The molecule has 0 radical (unpaired) electrons. The van der Waals surface area contributed by atoms with Gasteiger partial charge in [-0.05, 0) is 60.1 Å². The van der Waals surface area contributed by atoms with E-state index >= 15 is 8.90 Å². The van der Waals surface area contributed by atoms with Crippen LogP contribution in [0.2, 0.25) is 18.6 Å². The maximum absolute atomic E-state index is 16.6. The minimum atomic E-state index is -3.57. The van der Waals surface area contributed by atoms with Crippen LogP contribution in [0.25, 0.3) is 0 Å². The number of anilines is 2. The SMILES string of the molecule is COc1ccc2c(c1)[C@@]1(O[C@H](CC(=O)N(CCO)Cc3ccccc3)[C@@H]([Si](C)(C)F)[C@@H]1C)C(=O)N2Cc1cccc(N2N=C(c3ccccc3)CCC2=O)c1. The van der Waals surface area contributed by atoms with E-state index in [1.807, 2.05) is 97.9 Å². The molecule has 1 fully saturated rings. The Hall–Kier alpha value is -5.17. The molecule has 0 aliphatic carbocycles. The summed E-state index contributed by atoms with van der Waals surface area (Å²) in [5.41, 5.74) is 2.92. The molecule has 4 aromatic carbocycles. The number of hydrogen-bond donors (Lipinski definition) is 1. The first kappa shape index (κ1) is 38.1. The van der Waals surface area contributed by atoms with Gasteiger partial charge < -0.3 is 28.5 Å². The van der Waals surface area contributed by atoms with Gasteiger partial charge >= 0.3 is 0 Å². The number of nitrogens with zero attached hydrogens (tertiary/aromatic N) is 4. The normalized spacial score (nSPS) is 22.2. The first-order chi connectivity index (χ1) is 26.4. The minimum Gasteiger partial charge on any atom is -0.497 e. The van der Waals surface area contributed by atoms with Crippen molar-refractivity contribution in [3.63, 3.8) is 0 Å². The number of amides is 3. The number of rotatable bonds is 12. The van der Waals surface area contributed by atoms with E-state index in [1.165, 1.54) is 5.01 Å².